The molecule has 0 aliphatic rings. The first-order valence-corrected chi connectivity index (χ1v) is 23.5. The maximum Gasteiger partial charge on any atom is 0.306 e. The fraction of sp³-hybridized carbons (Fsp3) is 0.604. The normalized spacial score (nSPS) is 13.1. The van der Waals surface area contributed by atoms with Gasteiger partial charge < -0.3 is 14.2 Å². The third-order valence-corrected chi connectivity index (χ3v) is 9.36. The Hall–Kier alpha value is -3.93. The Morgan fingerprint density at radius 1 is 0.373 bits per heavy atom. The van der Waals surface area contributed by atoms with E-state index in [1.807, 2.05) is 48.6 Å². The second-order valence-corrected chi connectivity index (χ2v) is 15.0. The predicted molar refractivity (Wildman–Crippen MR) is 251 cm³/mol. The van der Waals surface area contributed by atoms with Crippen LogP contribution in [0.25, 0.3) is 0 Å². The van der Waals surface area contributed by atoms with Crippen LogP contribution in [-0.2, 0) is 28.6 Å². The van der Waals surface area contributed by atoms with Crippen LogP contribution in [-0.4, -0.2) is 37.2 Å². The molecule has 0 aliphatic carbocycles. The summed E-state index contributed by atoms with van der Waals surface area (Å²) < 4.78 is 16.6. The molecule has 0 heterocycles. The Kier molecular flexibility index (Phi) is 43.6. The largest absolute Gasteiger partial charge is 0.462 e. The molecule has 0 N–H and O–H groups in total. The molecular weight excluding hydrogens is 733 g/mol. The highest BCUT2D eigenvalue weighted by Gasteiger charge is 2.19. The molecule has 0 aromatic heterocycles. The van der Waals surface area contributed by atoms with Crippen molar-refractivity contribution in [2.45, 2.75) is 194 Å². The number of hydrogen-bond donors (Lipinski definition) is 0. The predicted octanol–water partition coefficient (Wildman–Crippen LogP) is 15.2. The van der Waals surface area contributed by atoms with Crippen molar-refractivity contribution in [3.63, 3.8) is 0 Å². The Labute approximate surface area is 361 Å². The first-order valence-electron chi connectivity index (χ1n) is 23.5. The molecule has 0 rings (SSSR count). The van der Waals surface area contributed by atoms with E-state index in [2.05, 4.69) is 81.5 Å². The van der Waals surface area contributed by atoms with E-state index in [1.165, 1.54) is 70.6 Å². The maximum atomic E-state index is 12.7. The number of carbonyl (C=O) groups is 3. The van der Waals surface area contributed by atoms with Gasteiger partial charge in [0.05, 0.1) is 0 Å². The summed E-state index contributed by atoms with van der Waals surface area (Å²) in [7, 11) is 0. The van der Waals surface area contributed by atoms with Crippen molar-refractivity contribution in [1.82, 2.24) is 0 Å². The van der Waals surface area contributed by atoms with Crippen LogP contribution in [0.15, 0.2) is 109 Å². The molecule has 0 radical (unpaired) electrons. The molecule has 0 amide bonds. The van der Waals surface area contributed by atoms with Gasteiger partial charge in [-0.1, -0.05) is 188 Å². The summed E-state index contributed by atoms with van der Waals surface area (Å²) >= 11 is 0. The van der Waals surface area contributed by atoms with Crippen LogP contribution in [0.4, 0.5) is 0 Å². The SMILES string of the molecule is CC\C=C/C=C\C=C/C=C\C=C/CCCCCC(=O)OC(COC(=O)CCC/C=C\C/C=C\C/C=C\CCCCCCCC)COC(=O)CCC/C=C\CCCCCC. The molecule has 1 atom stereocenters. The van der Waals surface area contributed by atoms with E-state index < -0.39 is 6.10 Å². The van der Waals surface area contributed by atoms with E-state index >= 15 is 0 Å². The lowest BCUT2D eigenvalue weighted by Crippen LogP contribution is -2.30. The zero-order valence-electron chi connectivity index (χ0n) is 37.7. The molecule has 332 valence electrons. The highest BCUT2D eigenvalue weighted by atomic mass is 16.6. The van der Waals surface area contributed by atoms with Gasteiger partial charge in [0, 0.05) is 19.3 Å². The summed E-state index contributed by atoms with van der Waals surface area (Å²) in [6.45, 7) is 6.31. The van der Waals surface area contributed by atoms with Crippen LogP contribution in [0.5, 0.6) is 0 Å². The molecule has 6 heteroatoms. The summed E-state index contributed by atoms with van der Waals surface area (Å²) in [4.78, 5) is 37.7. The van der Waals surface area contributed by atoms with Crippen molar-refractivity contribution in [2.24, 2.45) is 0 Å². The highest BCUT2D eigenvalue weighted by Crippen LogP contribution is 2.11. The molecule has 0 aromatic carbocycles. The third-order valence-electron chi connectivity index (χ3n) is 9.36. The minimum Gasteiger partial charge on any atom is -0.462 e. The van der Waals surface area contributed by atoms with Gasteiger partial charge in [0.15, 0.2) is 6.10 Å². The van der Waals surface area contributed by atoms with Gasteiger partial charge in [0.2, 0.25) is 0 Å². The molecule has 6 nitrogen and oxygen atoms in total. The average Bonchev–Trinajstić information content (AvgIpc) is 3.23. The second-order valence-electron chi connectivity index (χ2n) is 15.0. The molecule has 0 aliphatic heterocycles. The number of carbonyl (C=O) groups excluding carboxylic acids is 3. The quantitative estimate of drug-likeness (QED) is 0.0201. The fourth-order valence-corrected chi connectivity index (χ4v) is 5.83. The van der Waals surface area contributed by atoms with Gasteiger partial charge in [-0.25, -0.2) is 0 Å². The van der Waals surface area contributed by atoms with Crippen LogP contribution in [0.1, 0.15) is 188 Å². The number of unbranched alkanes of at least 4 members (excludes halogenated alkanes) is 15. The number of esters is 3. The van der Waals surface area contributed by atoms with Crippen LogP contribution in [0, 0.1) is 0 Å². The molecule has 0 saturated heterocycles. The monoisotopic (exact) mass is 817 g/mol. The molecule has 0 fully saturated rings. The van der Waals surface area contributed by atoms with E-state index in [1.54, 1.807) is 0 Å². The molecule has 1 unspecified atom stereocenters. The van der Waals surface area contributed by atoms with Crippen LogP contribution < -0.4 is 0 Å². The smallest absolute Gasteiger partial charge is 0.306 e. The minimum absolute atomic E-state index is 0.129. The van der Waals surface area contributed by atoms with E-state index in [0.717, 1.165) is 57.8 Å². The van der Waals surface area contributed by atoms with E-state index in [9.17, 15) is 14.4 Å². The van der Waals surface area contributed by atoms with Gasteiger partial charge in [0.25, 0.3) is 0 Å². The van der Waals surface area contributed by atoms with E-state index in [4.69, 9.17) is 14.2 Å². The average molecular weight is 817 g/mol. The first kappa shape index (κ1) is 55.1. The van der Waals surface area contributed by atoms with E-state index in [-0.39, 0.29) is 50.4 Å². The lowest BCUT2D eigenvalue weighted by atomic mass is 10.1. The maximum absolute atomic E-state index is 12.7. The van der Waals surface area contributed by atoms with Gasteiger partial charge >= 0.3 is 17.9 Å². The molecule has 0 spiro atoms. The molecule has 0 saturated carbocycles. The van der Waals surface area contributed by atoms with Crippen LogP contribution in [0.2, 0.25) is 0 Å². The van der Waals surface area contributed by atoms with Crippen molar-refractivity contribution < 1.29 is 28.6 Å². The number of hydrogen-bond acceptors (Lipinski definition) is 6. The van der Waals surface area contributed by atoms with Crippen molar-refractivity contribution in [3.05, 3.63) is 109 Å². The molecule has 0 bridgehead atoms. The van der Waals surface area contributed by atoms with Crippen molar-refractivity contribution >= 4 is 17.9 Å². The highest BCUT2D eigenvalue weighted by molar-refractivity contribution is 5.71. The topological polar surface area (TPSA) is 78.9 Å². The van der Waals surface area contributed by atoms with Gasteiger partial charge in [-0.3, -0.25) is 14.4 Å². The zero-order valence-corrected chi connectivity index (χ0v) is 37.7. The Morgan fingerprint density at radius 2 is 0.746 bits per heavy atom. The van der Waals surface area contributed by atoms with Gasteiger partial charge in [-0.2, -0.15) is 0 Å². The number of ether oxygens (including phenoxy) is 3. The Balaban J connectivity index is 4.56. The van der Waals surface area contributed by atoms with Crippen LogP contribution >= 0.6 is 0 Å². The van der Waals surface area contributed by atoms with Gasteiger partial charge in [0.1, 0.15) is 13.2 Å². The lowest BCUT2D eigenvalue weighted by molar-refractivity contribution is -0.167. The fourth-order valence-electron chi connectivity index (χ4n) is 5.83. The Morgan fingerprint density at radius 3 is 1.27 bits per heavy atom. The zero-order chi connectivity index (χ0) is 43.0. The second kappa shape index (κ2) is 46.8. The summed E-state index contributed by atoms with van der Waals surface area (Å²) in [5.74, 6) is -1.07. The van der Waals surface area contributed by atoms with Crippen LogP contribution in [0.3, 0.4) is 0 Å². The molecule has 59 heavy (non-hydrogen) atoms. The van der Waals surface area contributed by atoms with E-state index in [0.29, 0.717) is 19.3 Å². The molecule has 0 aromatic rings. The summed E-state index contributed by atoms with van der Waals surface area (Å²) in [6.07, 6.45) is 62.3. The number of allylic oxidation sites excluding steroid dienone is 18. The molecular formula is C53H84O6. The summed E-state index contributed by atoms with van der Waals surface area (Å²) in [6, 6.07) is 0. The lowest BCUT2D eigenvalue weighted by Gasteiger charge is -2.18. The van der Waals surface area contributed by atoms with Gasteiger partial charge in [-0.15, -0.1) is 0 Å². The van der Waals surface area contributed by atoms with Crippen molar-refractivity contribution in [1.29, 1.82) is 0 Å². The van der Waals surface area contributed by atoms with Gasteiger partial charge in [-0.05, 0) is 89.9 Å². The number of rotatable bonds is 40. The Bertz CT molecular complexity index is 1260. The summed E-state index contributed by atoms with van der Waals surface area (Å²) in [5, 5.41) is 0. The third kappa shape index (κ3) is 45.0. The standard InChI is InChI=1S/C53H84O6/c1-4-7-10-13-16-19-21-23-25-26-28-29-31-34-37-40-43-46-52(55)58-49-50(48-57-51(54)45-42-39-36-33-18-15-12-9-6-3)59-53(56)47-44-41-38-35-32-30-27-24-22-20-17-14-11-8-5-2/h8,11,14,17,20,22-25,27-30,32-34,36-37,50H,4-7,9-10,12-13,15-16,18-19,21,26,31,35,38-49H2,1-3H3/b11-8-,17-14-,22-20-,25-23-,27-24-,29-28-,32-30-,36-33-,37-34-. The minimum atomic E-state index is -0.831. The van der Waals surface area contributed by atoms with Crippen molar-refractivity contribution in [3.8, 4) is 0 Å². The summed E-state index contributed by atoms with van der Waals surface area (Å²) in [5.41, 5.74) is 0. The first-order chi connectivity index (χ1) is 29.0. The van der Waals surface area contributed by atoms with Crippen molar-refractivity contribution in [2.75, 3.05) is 13.2 Å².